The first-order valence-electron chi connectivity index (χ1n) is 8.50. The molecule has 3 rings (SSSR count). The summed E-state index contributed by atoms with van der Waals surface area (Å²) in [4.78, 5) is 19.7. The van der Waals surface area contributed by atoms with Gasteiger partial charge in [-0.3, -0.25) is 0 Å². The molecule has 28 heavy (non-hydrogen) atoms. The minimum Gasteiger partial charge on any atom is -0.472 e. The van der Waals surface area contributed by atoms with Crippen molar-refractivity contribution in [3.8, 4) is 11.9 Å². The number of methoxy groups -OCH3 is 1. The predicted octanol–water partition coefficient (Wildman–Crippen LogP) is 1.86. The zero-order valence-electron chi connectivity index (χ0n) is 15.0. The highest BCUT2D eigenvalue weighted by molar-refractivity contribution is 7.89. The number of rotatable bonds is 6. The van der Waals surface area contributed by atoms with Crippen molar-refractivity contribution >= 4 is 27.3 Å². The van der Waals surface area contributed by atoms with Crippen LogP contribution in [0.3, 0.4) is 0 Å². The third-order valence-corrected chi connectivity index (χ3v) is 6.92. The number of esters is 1. The Hall–Kier alpha value is -2.55. The van der Waals surface area contributed by atoms with Crippen LogP contribution in [0.15, 0.2) is 28.7 Å². The Morgan fingerprint density at radius 3 is 2.68 bits per heavy atom. The molecule has 0 bridgehead atoms. The molecule has 0 aromatic carbocycles. The summed E-state index contributed by atoms with van der Waals surface area (Å²) in [5.41, 5.74) is 0.123. The Kier molecular flexibility index (Phi) is 6.23. The zero-order valence-corrected chi connectivity index (χ0v) is 16.6. The van der Waals surface area contributed by atoms with E-state index in [1.54, 1.807) is 5.38 Å². The summed E-state index contributed by atoms with van der Waals surface area (Å²) in [5.74, 6) is -0.486. The number of ether oxygens (including phenoxy) is 2. The molecule has 2 aromatic heterocycles. The fourth-order valence-electron chi connectivity index (χ4n) is 2.98. The quantitative estimate of drug-likeness (QED) is 0.698. The Balaban J connectivity index is 1.61. The van der Waals surface area contributed by atoms with E-state index in [-0.39, 0.29) is 33.5 Å². The van der Waals surface area contributed by atoms with Crippen LogP contribution in [-0.2, 0) is 14.8 Å². The number of aromatic nitrogens is 2. The topological polar surface area (TPSA) is 131 Å². The molecule has 0 spiro atoms. The summed E-state index contributed by atoms with van der Waals surface area (Å²) in [6, 6.07) is 3.06. The molecule has 0 unspecified atom stereocenters. The Labute approximate surface area is 166 Å². The van der Waals surface area contributed by atoms with E-state index in [9.17, 15) is 13.2 Å². The number of carbonyl (C=O) groups excluding carboxylic acids is 1. The van der Waals surface area contributed by atoms with Crippen molar-refractivity contribution in [1.29, 1.82) is 5.26 Å². The Bertz CT molecular complexity index is 991. The van der Waals surface area contributed by atoms with Crippen molar-refractivity contribution in [3.63, 3.8) is 0 Å². The van der Waals surface area contributed by atoms with Crippen LogP contribution in [0.2, 0.25) is 0 Å². The second-order valence-electron chi connectivity index (χ2n) is 6.14. The molecule has 0 amide bonds. The molecule has 0 atom stereocenters. The van der Waals surface area contributed by atoms with E-state index in [0.717, 1.165) is 11.3 Å². The second kappa shape index (κ2) is 8.64. The fraction of sp³-hybridized carbons (Fsp3) is 0.412. The van der Waals surface area contributed by atoms with Gasteiger partial charge in [0.2, 0.25) is 15.7 Å². The van der Waals surface area contributed by atoms with Crippen LogP contribution in [0.5, 0.6) is 5.88 Å². The second-order valence-corrected chi connectivity index (χ2v) is 8.74. The molecule has 11 heteroatoms. The van der Waals surface area contributed by atoms with Crippen LogP contribution in [0.25, 0.3) is 0 Å². The monoisotopic (exact) mass is 422 g/mol. The number of nitrogens with one attached hydrogen (secondary N) is 1. The van der Waals surface area contributed by atoms with Gasteiger partial charge in [0.15, 0.2) is 0 Å². The van der Waals surface area contributed by atoms with E-state index >= 15 is 0 Å². The van der Waals surface area contributed by atoms with Crippen LogP contribution >= 0.6 is 11.3 Å². The lowest BCUT2D eigenvalue weighted by molar-refractivity contribution is 0.0602. The SMILES string of the molecule is COC(=O)c1sccc1S(=O)(=O)NC1CCC(Oc2nccnc2C#N)CC1. The van der Waals surface area contributed by atoms with E-state index in [0.29, 0.717) is 25.7 Å². The third-order valence-electron chi connectivity index (χ3n) is 4.33. The average molecular weight is 422 g/mol. The number of nitrogens with zero attached hydrogens (tertiary/aromatic N) is 3. The van der Waals surface area contributed by atoms with Gasteiger partial charge in [0, 0.05) is 18.4 Å². The van der Waals surface area contributed by atoms with Crippen LogP contribution < -0.4 is 9.46 Å². The summed E-state index contributed by atoms with van der Waals surface area (Å²) in [7, 11) is -2.63. The third kappa shape index (κ3) is 4.46. The van der Waals surface area contributed by atoms with Gasteiger partial charge >= 0.3 is 5.97 Å². The van der Waals surface area contributed by atoms with Gasteiger partial charge in [-0.25, -0.2) is 27.9 Å². The summed E-state index contributed by atoms with van der Waals surface area (Å²) in [6.45, 7) is 0. The Morgan fingerprint density at radius 2 is 2.00 bits per heavy atom. The van der Waals surface area contributed by atoms with Gasteiger partial charge in [0.25, 0.3) is 5.88 Å². The first-order chi connectivity index (χ1) is 13.4. The van der Waals surface area contributed by atoms with Crippen LogP contribution in [0.1, 0.15) is 41.0 Å². The number of thiophene rings is 1. The molecule has 1 saturated carbocycles. The van der Waals surface area contributed by atoms with Gasteiger partial charge in [0.1, 0.15) is 21.9 Å². The van der Waals surface area contributed by atoms with E-state index in [1.165, 1.54) is 25.6 Å². The van der Waals surface area contributed by atoms with Crippen LogP contribution in [-0.4, -0.2) is 43.6 Å². The van der Waals surface area contributed by atoms with E-state index < -0.39 is 16.0 Å². The van der Waals surface area contributed by atoms with E-state index in [2.05, 4.69) is 19.4 Å². The lowest BCUT2D eigenvalue weighted by Gasteiger charge is -2.29. The summed E-state index contributed by atoms with van der Waals surface area (Å²) >= 11 is 1.02. The maximum atomic E-state index is 12.7. The van der Waals surface area contributed by atoms with Gasteiger partial charge in [-0.05, 0) is 37.1 Å². The molecule has 2 aromatic rings. The minimum absolute atomic E-state index is 0.0544. The molecular weight excluding hydrogens is 404 g/mol. The molecule has 9 nitrogen and oxygen atoms in total. The lowest BCUT2D eigenvalue weighted by Crippen LogP contribution is -2.40. The first-order valence-corrected chi connectivity index (χ1v) is 10.9. The number of hydrogen-bond acceptors (Lipinski definition) is 9. The highest BCUT2D eigenvalue weighted by Gasteiger charge is 2.30. The summed E-state index contributed by atoms with van der Waals surface area (Å²) in [5, 5.41) is 10.6. The van der Waals surface area contributed by atoms with Gasteiger partial charge in [0.05, 0.1) is 7.11 Å². The van der Waals surface area contributed by atoms with Crippen LogP contribution in [0, 0.1) is 11.3 Å². The largest absolute Gasteiger partial charge is 0.472 e. The molecule has 148 valence electrons. The van der Waals surface area contributed by atoms with Gasteiger partial charge in [-0.2, -0.15) is 5.26 Å². The predicted molar refractivity (Wildman–Crippen MR) is 99.4 cm³/mol. The van der Waals surface area contributed by atoms with E-state index in [1.807, 2.05) is 6.07 Å². The normalized spacial score (nSPS) is 19.6. The van der Waals surface area contributed by atoms with Crippen molar-refractivity contribution in [3.05, 3.63) is 34.4 Å². The van der Waals surface area contributed by atoms with Crippen molar-refractivity contribution in [2.45, 2.75) is 42.7 Å². The molecule has 1 aliphatic carbocycles. The van der Waals surface area contributed by atoms with Crippen molar-refractivity contribution in [2.75, 3.05) is 7.11 Å². The van der Waals surface area contributed by atoms with Crippen LogP contribution in [0.4, 0.5) is 0 Å². The van der Waals surface area contributed by atoms with Gasteiger partial charge < -0.3 is 9.47 Å². The number of carbonyl (C=O) groups is 1. The zero-order chi connectivity index (χ0) is 20.1. The maximum absolute atomic E-state index is 12.7. The summed E-state index contributed by atoms with van der Waals surface area (Å²) in [6.07, 6.45) is 5.02. The first kappa shape index (κ1) is 20.2. The molecule has 0 saturated heterocycles. The minimum atomic E-state index is -3.84. The molecular formula is C17H18N4O5S2. The van der Waals surface area contributed by atoms with Gasteiger partial charge in [-0.1, -0.05) is 0 Å². The van der Waals surface area contributed by atoms with Crippen molar-refractivity contribution in [1.82, 2.24) is 14.7 Å². The van der Waals surface area contributed by atoms with Crippen molar-refractivity contribution in [2.24, 2.45) is 0 Å². The average Bonchev–Trinajstić information content (AvgIpc) is 3.20. The molecule has 1 N–H and O–H groups in total. The lowest BCUT2D eigenvalue weighted by atomic mass is 9.94. The number of nitriles is 1. The molecule has 1 fully saturated rings. The van der Waals surface area contributed by atoms with E-state index in [4.69, 9.17) is 10.00 Å². The highest BCUT2D eigenvalue weighted by Crippen LogP contribution is 2.27. The highest BCUT2D eigenvalue weighted by atomic mass is 32.2. The standard InChI is InChI=1S/C17H18N4O5S2/c1-25-17(22)15-14(6-9-27-15)28(23,24)21-11-2-4-12(5-3-11)26-16-13(10-18)19-7-8-20-16/h6-9,11-12,21H,2-5H2,1H3. The van der Waals surface area contributed by atoms with Gasteiger partial charge in [-0.15, -0.1) is 11.3 Å². The molecule has 0 radical (unpaired) electrons. The summed E-state index contributed by atoms with van der Waals surface area (Å²) < 4.78 is 38.4. The molecule has 1 aliphatic rings. The molecule has 2 heterocycles. The number of sulfonamides is 1. The fourth-order valence-corrected chi connectivity index (χ4v) is 5.62. The smallest absolute Gasteiger partial charge is 0.349 e. The number of hydrogen-bond donors (Lipinski definition) is 1. The molecule has 0 aliphatic heterocycles. The maximum Gasteiger partial charge on any atom is 0.349 e. The Morgan fingerprint density at radius 1 is 1.29 bits per heavy atom. The van der Waals surface area contributed by atoms with Crippen molar-refractivity contribution < 1.29 is 22.7 Å².